The first-order chi connectivity index (χ1) is 30.0. The SMILES string of the molecule is CCCCC/C=C/C=C/C=C/C=C/CCCCCC(CC(=O)NC(CO)C(O)CCCCCCCCCCC)OC(=O)CCCCCCCCC/C=C/CCCCCCCC. The van der Waals surface area contributed by atoms with Crippen LogP contribution >= 0.6 is 0 Å². The molecule has 6 nitrogen and oxygen atoms in total. The standard InChI is InChI=1S/C55H99NO5/c1-4-7-10-13-16-19-21-23-25-27-29-31-33-36-39-42-45-48-55(60)61-51(46-43-40-37-35-32-30-28-26-24-22-20-17-14-11-8-5-2)49-54(59)56-52(50-57)53(58)47-44-41-38-34-18-15-12-9-6-3/h17,20,22-26,28,30,32,51-53,57-58H,4-16,18-19,21,27,29,31,33-50H2,1-3H3,(H,56,59)/b20-17+,24-22+,25-23+,28-26+,32-30+. The molecule has 0 saturated heterocycles. The van der Waals surface area contributed by atoms with Gasteiger partial charge in [0, 0.05) is 6.42 Å². The van der Waals surface area contributed by atoms with Crippen LogP contribution in [-0.4, -0.2) is 46.9 Å². The lowest BCUT2D eigenvalue weighted by Gasteiger charge is -2.24. The van der Waals surface area contributed by atoms with Crippen molar-refractivity contribution in [3.8, 4) is 0 Å². The Morgan fingerprint density at radius 3 is 1.36 bits per heavy atom. The van der Waals surface area contributed by atoms with Crippen LogP contribution in [0.1, 0.15) is 252 Å². The van der Waals surface area contributed by atoms with Crippen LogP contribution in [0.25, 0.3) is 0 Å². The minimum absolute atomic E-state index is 0.0490. The van der Waals surface area contributed by atoms with Crippen LogP contribution in [-0.2, 0) is 14.3 Å². The molecule has 0 heterocycles. The van der Waals surface area contributed by atoms with Gasteiger partial charge >= 0.3 is 5.97 Å². The number of nitrogens with one attached hydrogen (secondary N) is 1. The number of rotatable bonds is 46. The smallest absolute Gasteiger partial charge is 0.306 e. The summed E-state index contributed by atoms with van der Waals surface area (Å²) in [5.74, 6) is -0.516. The molecule has 0 aliphatic heterocycles. The van der Waals surface area contributed by atoms with E-state index < -0.39 is 18.2 Å². The lowest BCUT2D eigenvalue weighted by atomic mass is 10.0. The monoisotopic (exact) mass is 854 g/mol. The second-order valence-corrected chi connectivity index (χ2v) is 17.7. The van der Waals surface area contributed by atoms with Crippen molar-refractivity contribution >= 4 is 11.9 Å². The Morgan fingerprint density at radius 1 is 0.475 bits per heavy atom. The number of aliphatic hydroxyl groups excluding tert-OH is 2. The van der Waals surface area contributed by atoms with Crippen LogP contribution < -0.4 is 5.32 Å². The molecule has 0 aliphatic carbocycles. The van der Waals surface area contributed by atoms with E-state index in [0.29, 0.717) is 19.3 Å². The minimum atomic E-state index is -0.799. The van der Waals surface area contributed by atoms with Crippen molar-refractivity contribution in [1.29, 1.82) is 0 Å². The van der Waals surface area contributed by atoms with E-state index in [0.717, 1.165) is 70.6 Å². The molecule has 0 aromatic heterocycles. The number of amides is 1. The maximum absolute atomic E-state index is 13.2. The molecule has 3 atom stereocenters. The molecular formula is C55H99NO5. The Kier molecular flexibility index (Phi) is 46.6. The number of allylic oxidation sites excluding steroid dienone is 10. The molecule has 3 unspecified atom stereocenters. The molecule has 3 N–H and O–H groups in total. The van der Waals surface area contributed by atoms with E-state index in [4.69, 9.17) is 4.74 Å². The van der Waals surface area contributed by atoms with E-state index in [9.17, 15) is 19.8 Å². The molecule has 0 spiro atoms. The number of unbranched alkanes of at least 4 members (excludes halogenated alkanes) is 27. The summed E-state index contributed by atoms with van der Waals surface area (Å²) in [6.45, 7) is 6.41. The van der Waals surface area contributed by atoms with Crippen molar-refractivity contribution in [3.63, 3.8) is 0 Å². The quantitative estimate of drug-likeness (QED) is 0.0245. The molecule has 6 heteroatoms. The van der Waals surface area contributed by atoms with Gasteiger partial charge in [-0.25, -0.2) is 0 Å². The molecule has 61 heavy (non-hydrogen) atoms. The molecule has 354 valence electrons. The van der Waals surface area contributed by atoms with Crippen molar-refractivity contribution in [1.82, 2.24) is 5.32 Å². The Hall–Kier alpha value is -2.44. The number of carbonyl (C=O) groups excluding carboxylic acids is 2. The lowest BCUT2D eigenvalue weighted by Crippen LogP contribution is -2.46. The highest BCUT2D eigenvalue weighted by molar-refractivity contribution is 5.77. The van der Waals surface area contributed by atoms with Gasteiger partial charge in [0.2, 0.25) is 5.91 Å². The molecular weight excluding hydrogens is 755 g/mol. The lowest BCUT2D eigenvalue weighted by molar-refractivity contribution is -0.151. The van der Waals surface area contributed by atoms with Crippen LogP contribution in [0.3, 0.4) is 0 Å². The van der Waals surface area contributed by atoms with Crippen molar-refractivity contribution in [3.05, 3.63) is 60.8 Å². The van der Waals surface area contributed by atoms with Crippen LogP contribution in [0.2, 0.25) is 0 Å². The number of ether oxygens (including phenoxy) is 1. The van der Waals surface area contributed by atoms with Gasteiger partial charge in [-0.3, -0.25) is 9.59 Å². The number of hydrogen-bond donors (Lipinski definition) is 3. The van der Waals surface area contributed by atoms with Crippen LogP contribution in [0.15, 0.2) is 60.8 Å². The van der Waals surface area contributed by atoms with Gasteiger partial charge in [0.05, 0.1) is 25.2 Å². The molecule has 0 aliphatic rings. The van der Waals surface area contributed by atoms with Gasteiger partial charge in [-0.05, 0) is 77.0 Å². The Balaban J connectivity index is 4.65. The van der Waals surface area contributed by atoms with E-state index in [1.165, 1.54) is 135 Å². The zero-order chi connectivity index (χ0) is 44.5. The van der Waals surface area contributed by atoms with Crippen molar-refractivity contribution < 1.29 is 24.5 Å². The molecule has 0 bridgehead atoms. The van der Waals surface area contributed by atoms with Crippen LogP contribution in [0.5, 0.6) is 0 Å². The molecule has 0 aromatic rings. The highest BCUT2D eigenvalue weighted by atomic mass is 16.5. The van der Waals surface area contributed by atoms with Gasteiger partial charge < -0.3 is 20.3 Å². The summed E-state index contributed by atoms with van der Waals surface area (Å²) in [4.78, 5) is 26.1. The van der Waals surface area contributed by atoms with Crippen LogP contribution in [0.4, 0.5) is 0 Å². The van der Waals surface area contributed by atoms with E-state index in [1.54, 1.807) is 0 Å². The van der Waals surface area contributed by atoms with Gasteiger partial charge in [-0.15, -0.1) is 0 Å². The normalized spacial score (nSPS) is 13.7. The zero-order valence-electron chi connectivity index (χ0n) is 40.3. The third-order valence-electron chi connectivity index (χ3n) is 11.7. The van der Waals surface area contributed by atoms with Gasteiger partial charge in [-0.1, -0.05) is 223 Å². The van der Waals surface area contributed by atoms with Crippen LogP contribution in [0, 0.1) is 0 Å². The number of esters is 1. The van der Waals surface area contributed by atoms with Crippen molar-refractivity contribution in [2.24, 2.45) is 0 Å². The van der Waals surface area contributed by atoms with Crippen molar-refractivity contribution in [2.45, 2.75) is 270 Å². The second-order valence-electron chi connectivity index (χ2n) is 17.7. The molecule has 0 saturated carbocycles. The third-order valence-corrected chi connectivity index (χ3v) is 11.7. The number of carbonyl (C=O) groups is 2. The van der Waals surface area contributed by atoms with E-state index in [1.807, 2.05) is 6.08 Å². The fourth-order valence-electron chi connectivity index (χ4n) is 7.67. The fraction of sp³-hybridized carbons (Fsp3) is 0.782. The van der Waals surface area contributed by atoms with Gasteiger partial charge in [-0.2, -0.15) is 0 Å². The average Bonchev–Trinajstić information content (AvgIpc) is 3.25. The first kappa shape index (κ1) is 58.6. The summed E-state index contributed by atoms with van der Waals surface area (Å²) in [6, 6.07) is -0.715. The molecule has 0 rings (SSSR count). The summed E-state index contributed by atoms with van der Waals surface area (Å²) in [7, 11) is 0. The highest BCUT2D eigenvalue weighted by Crippen LogP contribution is 2.17. The molecule has 0 fully saturated rings. The van der Waals surface area contributed by atoms with Gasteiger partial charge in [0.15, 0.2) is 0 Å². The van der Waals surface area contributed by atoms with Gasteiger partial charge in [0.25, 0.3) is 0 Å². The largest absolute Gasteiger partial charge is 0.462 e. The Labute approximate surface area is 378 Å². The zero-order valence-corrected chi connectivity index (χ0v) is 40.3. The maximum Gasteiger partial charge on any atom is 0.306 e. The number of aliphatic hydroxyl groups is 2. The average molecular weight is 854 g/mol. The van der Waals surface area contributed by atoms with E-state index >= 15 is 0 Å². The molecule has 0 aromatic carbocycles. The van der Waals surface area contributed by atoms with E-state index in [-0.39, 0.29) is 24.9 Å². The van der Waals surface area contributed by atoms with Crippen molar-refractivity contribution in [2.75, 3.05) is 6.61 Å². The Bertz CT molecular complexity index is 1090. The summed E-state index contributed by atoms with van der Waals surface area (Å²) in [5.41, 5.74) is 0. The Morgan fingerprint density at radius 2 is 0.852 bits per heavy atom. The van der Waals surface area contributed by atoms with E-state index in [2.05, 4.69) is 80.8 Å². The minimum Gasteiger partial charge on any atom is -0.462 e. The summed E-state index contributed by atoms with van der Waals surface area (Å²) in [6.07, 6.45) is 59.9. The van der Waals surface area contributed by atoms with Gasteiger partial charge in [0.1, 0.15) is 6.10 Å². The summed E-state index contributed by atoms with van der Waals surface area (Å²) < 4.78 is 5.92. The maximum atomic E-state index is 13.2. The topological polar surface area (TPSA) is 95.9 Å². The summed E-state index contributed by atoms with van der Waals surface area (Å²) >= 11 is 0. The first-order valence-electron chi connectivity index (χ1n) is 26.1. The summed E-state index contributed by atoms with van der Waals surface area (Å²) in [5, 5.41) is 23.7. The molecule has 1 amide bonds. The second kappa shape index (κ2) is 48.6. The highest BCUT2D eigenvalue weighted by Gasteiger charge is 2.24. The molecule has 0 radical (unpaired) electrons. The first-order valence-corrected chi connectivity index (χ1v) is 26.1. The number of hydrogen-bond acceptors (Lipinski definition) is 5. The predicted molar refractivity (Wildman–Crippen MR) is 264 cm³/mol. The fourth-order valence-corrected chi connectivity index (χ4v) is 7.67. The third kappa shape index (κ3) is 44.0. The predicted octanol–water partition coefficient (Wildman–Crippen LogP) is 15.6.